The largest absolute Gasteiger partial charge is 0.356 e. The topological polar surface area (TPSA) is 84.2 Å². The van der Waals surface area contributed by atoms with E-state index in [4.69, 9.17) is 5.73 Å². The predicted octanol–water partition coefficient (Wildman–Crippen LogP) is 0.00220. The standard InChI is InChI=1S/C12H23N3O2/c1-8(2)12(3,7-13)15-11(17)9-4-5-14-10(16)6-9/h8-9H,4-7,13H2,1-3H3,(H,14,16)(H,15,17). The normalized spacial score (nSPS) is 24.1. The molecule has 2 amide bonds. The quantitative estimate of drug-likeness (QED) is 0.648. The van der Waals surface area contributed by atoms with Crippen LogP contribution in [0.5, 0.6) is 0 Å². The summed E-state index contributed by atoms with van der Waals surface area (Å²) in [6, 6.07) is 0. The Bertz CT molecular complexity index is 304. The fraction of sp³-hybridized carbons (Fsp3) is 0.833. The highest BCUT2D eigenvalue weighted by molar-refractivity contribution is 5.87. The molecule has 5 heteroatoms. The highest BCUT2D eigenvalue weighted by Gasteiger charge is 2.33. The van der Waals surface area contributed by atoms with Gasteiger partial charge in [-0.2, -0.15) is 0 Å². The summed E-state index contributed by atoms with van der Waals surface area (Å²) in [5.41, 5.74) is 5.32. The van der Waals surface area contributed by atoms with Crippen LogP contribution in [0, 0.1) is 11.8 Å². The predicted molar refractivity (Wildman–Crippen MR) is 66.2 cm³/mol. The van der Waals surface area contributed by atoms with Gasteiger partial charge in [-0.05, 0) is 19.3 Å². The van der Waals surface area contributed by atoms with Crippen molar-refractivity contribution in [1.82, 2.24) is 10.6 Å². The van der Waals surface area contributed by atoms with Crippen LogP contribution in [0.4, 0.5) is 0 Å². The van der Waals surface area contributed by atoms with E-state index in [9.17, 15) is 9.59 Å². The zero-order chi connectivity index (χ0) is 13.1. The summed E-state index contributed by atoms with van der Waals surface area (Å²) in [7, 11) is 0. The second-order valence-electron chi connectivity index (χ2n) is 5.31. The molecule has 98 valence electrons. The third-order valence-corrected chi connectivity index (χ3v) is 3.72. The number of nitrogens with two attached hydrogens (primary N) is 1. The number of hydrogen-bond acceptors (Lipinski definition) is 3. The van der Waals surface area contributed by atoms with E-state index in [-0.39, 0.29) is 30.1 Å². The average Bonchev–Trinajstić information content (AvgIpc) is 2.28. The minimum absolute atomic E-state index is 0.0459. The third kappa shape index (κ3) is 3.43. The number of piperidine rings is 1. The van der Waals surface area contributed by atoms with Crippen molar-refractivity contribution in [1.29, 1.82) is 0 Å². The lowest BCUT2D eigenvalue weighted by atomic mass is 9.87. The fourth-order valence-corrected chi connectivity index (χ4v) is 1.82. The Morgan fingerprint density at radius 2 is 2.29 bits per heavy atom. The Labute approximate surface area is 103 Å². The van der Waals surface area contributed by atoms with E-state index in [1.54, 1.807) is 0 Å². The molecule has 2 unspecified atom stereocenters. The van der Waals surface area contributed by atoms with Gasteiger partial charge in [0.2, 0.25) is 11.8 Å². The molecule has 1 fully saturated rings. The van der Waals surface area contributed by atoms with E-state index < -0.39 is 5.54 Å². The molecular formula is C12H23N3O2. The van der Waals surface area contributed by atoms with Crippen molar-refractivity contribution < 1.29 is 9.59 Å². The highest BCUT2D eigenvalue weighted by atomic mass is 16.2. The molecule has 1 saturated heterocycles. The Hall–Kier alpha value is -1.10. The van der Waals surface area contributed by atoms with Gasteiger partial charge in [-0.15, -0.1) is 0 Å². The molecule has 1 aliphatic rings. The number of nitrogens with one attached hydrogen (secondary N) is 2. The Balaban J connectivity index is 2.61. The smallest absolute Gasteiger partial charge is 0.224 e. The van der Waals surface area contributed by atoms with Crippen LogP contribution < -0.4 is 16.4 Å². The van der Waals surface area contributed by atoms with Crippen molar-refractivity contribution in [2.45, 2.75) is 39.2 Å². The molecule has 4 N–H and O–H groups in total. The molecule has 1 aliphatic heterocycles. The number of amides is 2. The molecule has 0 aromatic heterocycles. The average molecular weight is 241 g/mol. The second kappa shape index (κ2) is 5.49. The van der Waals surface area contributed by atoms with Crippen LogP contribution in [-0.2, 0) is 9.59 Å². The highest BCUT2D eigenvalue weighted by Crippen LogP contribution is 2.18. The van der Waals surface area contributed by atoms with Gasteiger partial charge in [-0.3, -0.25) is 9.59 Å². The summed E-state index contributed by atoms with van der Waals surface area (Å²) < 4.78 is 0. The van der Waals surface area contributed by atoms with Gasteiger partial charge >= 0.3 is 0 Å². The van der Waals surface area contributed by atoms with Gasteiger partial charge in [0, 0.05) is 25.4 Å². The van der Waals surface area contributed by atoms with Gasteiger partial charge in [0.1, 0.15) is 0 Å². The van der Waals surface area contributed by atoms with Crippen LogP contribution in [0.25, 0.3) is 0 Å². The number of rotatable bonds is 4. The molecule has 5 nitrogen and oxygen atoms in total. The zero-order valence-electron chi connectivity index (χ0n) is 10.9. The molecule has 0 aromatic carbocycles. The molecule has 1 rings (SSSR count). The van der Waals surface area contributed by atoms with Gasteiger partial charge in [0.25, 0.3) is 0 Å². The first-order valence-electron chi connectivity index (χ1n) is 6.18. The summed E-state index contributed by atoms with van der Waals surface area (Å²) >= 11 is 0. The Kier molecular flexibility index (Phi) is 4.51. The molecular weight excluding hydrogens is 218 g/mol. The maximum Gasteiger partial charge on any atom is 0.224 e. The van der Waals surface area contributed by atoms with Crippen molar-refractivity contribution in [3.8, 4) is 0 Å². The van der Waals surface area contributed by atoms with Gasteiger partial charge < -0.3 is 16.4 Å². The van der Waals surface area contributed by atoms with E-state index >= 15 is 0 Å². The molecule has 0 aromatic rings. The van der Waals surface area contributed by atoms with Gasteiger partial charge in [-0.25, -0.2) is 0 Å². The summed E-state index contributed by atoms with van der Waals surface area (Å²) in [6.07, 6.45) is 0.987. The Morgan fingerprint density at radius 1 is 1.65 bits per heavy atom. The van der Waals surface area contributed by atoms with Crippen LogP contribution >= 0.6 is 0 Å². The molecule has 0 radical (unpaired) electrons. The zero-order valence-corrected chi connectivity index (χ0v) is 10.9. The molecule has 0 bridgehead atoms. The molecule has 1 heterocycles. The summed E-state index contributed by atoms with van der Waals surface area (Å²) in [6.45, 7) is 6.98. The maximum atomic E-state index is 12.1. The van der Waals surface area contributed by atoms with Crippen LogP contribution in [0.1, 0.15) is 33.6 Å². The monoisotopic (exact) mass is 241 g/mol. The first-order valence-corrected chi connectivity index (χ1v) is 6.18. The van der Waals surface area contributed by atoms with Gasteiger partial charge in [0.05, 0.1) is 5.54 Å². The summed E-state index contributed by atoms with van der Waals surface area (Å²) in [5.74, 6) is -0.0564. The SMILES string of the molecule is CC(C)C(C)(CN)NC(=O)C1CCNC(=O)C1. The fourth-order valence-electron chi connectivity index (χ4n) is 1.82. The first-order chi connectivity index (χ1) is 7.89. The second-order valence-corrected chi connectivity index (χ2v) is 5.31. The maximum absolute atomic E-state index is 12.1. The van der Waals surface area contributed by atoms with Crippen LogP contribution in [0.2, 0.25) is 0 Å². The molecule has 0 saturated carbocycles. The van der Waals surface area contributed by atoms with Crippen LogP contribution in [0.15, 0.2) is 0 Å². The Morgan fingerprint density at radius 3 is 2.76 bits per heavy atom. The molecule has 2 atom stereocenters. The number of hydrogen-bond donors (Lipinski definition) is 3. The minimum atomic E-state index is -0.398. The van der Waals surface area contributed by atoms with E-state index in [2.05, 4.69) is 10.6 Å². The summed E-state index contributed by atoms with van der Waals surface area (Å²) in [4.78, 5) is 23.3. The van der Waals surface area contributed by atoms with Crippen molar-refractivity contribution in [2.75, 3.05) is 13.1 Å². The van der Waals surface area contributed by atoms with Crippen molar-refractivity contribution >= 4 is 11.8 Å². The van der Waals surface area contributed by atoms with E-state index in [1.807, 2.05) is 20.8 Å². The van der Waals surface area contributed by atoms with Crippen molar-refractivity contribution in [3.05, 3.63) is 0 Å². The minimum Gasteiger partial charge on any atom is -0.356 e. The van der Waals surface area contributed by atoms with E-state index in [0.29, 0.717) is 19.5 Å². The van der Waals surface area contributed by atoms with Crippen molar-refractivity contribution in [2.24, 2.45) is 17.6 Å². The number of carbonyl (C=O) groups excluding carboxylic acids is 2. The third-order valence-electron chi connectivity index (χ3n) is 3.72. The van der Waals surface area contributed by atoms with Gasteiger partial charge in [0.15, 0.2) is 0 Å². The van der Waals surface area contributed by atoms with Crippen molar-refractivity contribution in [3.63, 3.8) is 0 Å². The molecule has 0 spiro atoms. The van der Waals surface area contributed by atoms with Gasteiger partial charge in [-0.1, -0.05) is 13.8 Å². The number of carbonyl (C=O) groups is 2. The van der Waals surface area contributed by atoms with Crippen LogP contribution in [0.3, 0.4) is 0 Å². The van der Waals surface area contributed by atoms with E-state index in [0.717, 1.165) is 0 Å². The lowest BCUT2D eigenvalue weighted by molar-refractivity contribution is -0.133. The first kappa shape index (κ1) is 14.0. The molecule has 17 heavy (non-hydrogen) atoms. The van der Waals surface area contributed by atoms with Crippen LogP contribution in [-0.4, -0.2) is 30.4 Å². The van der Waals surface area contributed by atoms with E-state index in [1.165, 1.54) is 0 Å². The lowest BCUT2D eigenvalue weighted by Crippen LogP contribution is -2.57. The lowest BCUT2D eigenvalue weighted by Gasteiger charge is -2.35. The summed E-state index contributed by atoms with van der Waals surface area (Å²) in [5, 5.41) is 5.71. The molecule has 0 aliphatic carbocycles.